The van der Waals surface area contributed by atoms with Crippen molar-refractivity contribution in [3.8, 4) is 0 Å². The van der Waals surface area contributed by atoms with E-state index >= 15 is 0 Å². The summed E-state index contributed by atoms with van der Waals surface area (Å²) < 4.78 is 0. The minimum absolute atomic E-state index is 0.396. The van der Waals surface area contributed by atoms with Gasteiger partial charge in [-0.05, 0) is 64.2 Å². The van der Waals surface area contributed by atoms with Crippen LogP contribution in [0.3, 0.4) is 0 Å². The van der Waals surface area contributed by atoms with Crippen molar-refractivity contribution in [1.29, 1.82) is 0 Å². The van der Waals surface area contributed by atoms with Crippen LogP contribution in [-0.4, -0.2) is 47.1 Å². The van der Waals surface area contributed by atoms with Crippen LogP contribution in [0.1, 0.15) is 129 Å². The molecule has 0 aromatic heterocycles. The minimum Gasteiger partial charge on any atom is -0.399 e. The summed E-state index contributed by atoms with van der Waals surface area (Å²) in [5.41, 5.74) is -1.57. The first-order valence-corrected chi connectivity index (χ1v) is 14.3. The lowest BCUT2D eigenvalue weighted by Gasteiger charge is -2.45. The topological polar surface area (TPSA) is 60.7 Å². The molecular formula is C27H52B2O3. The van der Waals surface area contributed by atoms with Gasteiger partial charge in [0.2, 0.25) is 0 Å². The first kappa shape index (κ1) is 26.6. The smallest absolute Gasteiger partial charge is 0.143 e. The molecule has 0 spiro atoms. The molecule has 3 N–H and O–H groups in total. The van der Waals surface area contributed by atoms with Gasteiger partial charge in [-0.15, -0.1) is 0 Å². The van der Waals surface area contributed by atoms with E-state index in [9.17, 15) is 15.3 Å². The van der Waals surface area contributed by atoms with Crippen molar-refractivity contribution in [2.75, 3.05) is 0 Å². The Kier molecular flexibility index (Phi) is 9.67. The molecule has 0 aliphatic heterocycles. The highest BCUT2D eigenvalue weighted by atomic mass is 16.3. The summed E-state index contributed by atoms with van der Waals surface area (Å²) in [7, 11) is 3.39. The summed E-state index contributed by atoms with van der Waals surface area (Å²) in [5.74, 6) is 2.35. The molecule has 3 fully saturated rings. The van der Waals surface area contributed by atoms with Gasteiger partial charge in [0.1, 0.15) is 15.1 Å². The van der Waals surface area contributed by atoms with Gasteiger partial charge < -0.3 is 15.3 Å². The van der Waals surface area contributed by atoms with Crippen LogP contribution >= 0.6 is 0 Å². The normalized spacial score (nSPS) is 45.8. The summed E-state index contributed by atoms with van der Waals surface area (Å²) in [4.78, 5) is 0. The average molecular weight is 446 g/mol. The lowest BCUT2D eigenvalue weighted by atomic mass is 9.44. The Morgan fingerprint density at radius 2 is 1.22 bits per heavy atom. The largest absolute Gasteiger partial charge is 0.399 e. The molecule has 3 saturated carbocycles. The zero-order valence-corrected chi connectivity index (χ0v) is 21.6. The van der Waals surface area contributed by atoms with E-state index in [2.05, 4.69) is 7.85 Å². The van der Waals surface area contributed by atoms with E-state index in [1.807, 2.05) is 13.8 Å². The van der Waals surface area contributed by atoms with Crippen molar-refractivity contribution in [2.24, 2.45) is 11.8 Å². The first-order valence-electron chi connectivity index (χ1n) is 14.3. The number of fused-ring (bicyclic) bond motifs is 1. The molecule has 0 aromatic rings. The van der Waals surface area contributed by atoms with E-state index in [0.717, 1.165) is 77.0 Å². The van der Waals surface area contributed by atoms with Crippen LogP contribution in [0.15, 0.2) is 0 Å². The zero-order chi connectivity index (χ0) is 23.2. The minimum atomic E-state index is -0.551. The standard InChI is InChI=1S/C27H52B2O3/c1-25(30)16-9-6-13-23-22(12-4-3-7-19-27(23,28)32)24(14-10-18-25)29-21-11-5-8-17-26(2,31)20-15-21/h21-24,29-32H,3-20,28H2,1-2H3. The van der Waals surface area contributed by atoms with Gasteiger partial charge >= 0.3 is 0 Å². The zero-order valence-electron chi connectivity index (χ0n) is 21.6. The maximum Gasteiger partial charge on any atom is 0.143 e. The van der Waals surface area contributed by atoms with Crippen LogP contribution in [0.25, 0.3) is 0 Å². The maximum absolute atomic E-state index is 11.6. The molecule has 0 saturated heterocycles. The van der Waals surface area contributed by atoms with E-state index in [-0.39, 0.29) is 0 Å². The molecule has 7 atom stereocenters. The number of rotatable bonds is 2. The fourth-order valence-corrected chi connectivity index (χ4v) is 7.61. The Balaban J connectivity index is 1.81. The third-order valence-corrected chi connectivity index (χ3v) is 9.72. The van der Waals surface area contributed by atoms with Crippen molar-refractivity contribution < 1.29 is 15.3 Å². The first-order chi connectivity index (χ1) is 15.1. The van der Waals surface area contributed by atoms with Crippen molar-refractivity contribution in [3.05, 3.63) is 0 Å². The number of hydrogen-bond donors (Lipinski definition) is 3. The fourth-order valence-electron chi connectivity index (χ4n) is 7.61. The molecule has 3 nitrogen and oxygen atoms in total. The highest BCUT2D eigenvalue weighted by molar-refractivity contribution is 6.39. The number of aliphatic hydroxyl groups is 3. The van der Waals surface area contributed by atoms with Crippen LogP contribution < -0.4 is 0 Å². The SMILES string of the molecule is BC1(O)CCCCCC2C(BC3CCCCC(C)(O)CC3)CCCC(C)(O)CCCCC21. The molecule has 5 heteroatoms. The summed E-state index contributed by atoms with van der Waals surface area (Å²) >= 11 is 0. The van der Waals surface area contributed by atoms with Crippen molar-refractivity contribution >= 4 is 15.1 Å². The quantitative estimate of drug-likeness (QED) is 0.517. The van der Waals surface area contributed by atoms with Gasteiger partial charge in [0.15, 0.2) is 0 Å². The molecule has 3 rings (SSSR count). The van der Waals surface area contributed by atoms with Crippen molar-refractivity contribution in [1.82, 2.24) is 0 Å². The van der Waals surface area contributed by atoms with E-state index in [1.54, 1.807) is 0 Å². The van der Waals surface area contributed by atoms with E-state index in [0.29, 0.717) is 23.5 Å². The molecule has 184 valence electrons. The summed E-state index contributed by atoms with van der Waals surface area (Å²) in [6, 6.07) is 0. The Morgan fingerprint density at radius 1 is 0.625 bits per heavy atom. The third-order valence-electron chi connectivity index (χ3n) is 9.72. The second-order valence-electron chi connectivity index (χ2n) is 13.0. The molecule has 32 heavy (non-hydrogen) atoms. The van der Waals surface area contributed by atoms with Gasteiger partial charge in [-0.2, -0.15) is 0 Å². The predicted molar refractivity (Wildman–Crippen MR) is 139 cm³/mol. The van der Waals surface area contributed by atoms with Gasteiger partial charge in [0.25, 0.3) is 0 Å². The highest BCUT2D eigenvalue weighted by Gasteiger charge is 2.42. The second kappa shape index (κ2) is 11.6. The van der Waals surface area contributed by atoms with E-state index in [1.165, 1.54) is 45.8 Å². The maximum atomic E-state index is 11.6. The Hall–Kier alpha value is 0.00987. The van der Waals surface area contributed by atoms with Gasteiger partial charge in [-0.3, -0.25) is 0 Å². The molecule has 0 amide bonds. The third kappa shape index (κ3) is 8.05. The van der Waals surface area contributed by atoms with E-state index in [4.69, 9.17) is 0 Å². The summed E-state index contributed by atoms with van der Waals surface area (Å²) in [5, 5.41) is 33.2. The Morgan fingerprint density at radius 3 is 1.97 bits per heavy atom. The van der Waals surface area contributed by atoms with Crippen LogP contribution in [0.4, 0.5) is 0 Å². The molecule has 7 unspecified atom stereocenters. The lowest BCUT2D eigenvalue weighted by molar-refractivity contribution is 0.00346. The van der Waals surface area contributed by atoms with Crippen molar-refractivity contribution in [2.45, 2.75) is 158 Å². The van der Waals surface area contributed by atoms with Crippen LogP contribution in [0, 0.1) is 11.8 Å². The molecule has 0 heterocycles. The molecule has 0 radical (unpaired) electrons. The molecule has 3 aliphatic rings. The monoisotopic (exact) mass is 446 g/mol. The van der Waals surface area contributed by atoms with Gasteiger partial charge in [-0.25, -0.2) is 0 Å². The average Bonchev–Trinajstić information content (AvgIpc) is 2.71. The lowest BCUT2D eigenvalue weighted by Crippen LogP contribution is -2.45. The number of hydrogen-bond acceptors (Lipinski definition) is 3. The Bertz CT molecular complexity index is 563. The predicted octanol–water partition coefficient (Wildman–Crippen LogP) is 5.12. The van der Waals surface area contributed by atoms with Gasteiger partial charge in [-0.1, -0.05) is 88.7 Å². The second-order valence-corrected chi connectivity index (χ2v) is 13.0. The molecule has 0 aromatic carbocycles. The van der Waals surface area contributed by atoms with Crippen LogP contribution in [0.5, 0.6) is 0 Å². The summed E-state index contributed by atoms with van der Waals surface area (Å²) in [6.07, 6.45) is 20.1. The fraction of sp³-hybridized carbons (Fsp3) is 1.00. The Labute approximate surface area is 200 Å². The highest BCUT2D eigenvalue weighted by Crippen LogP contribution is 2.47. The summed E-state index contributed by atoms with van der Waals surface area (Å²) in [6.45, 7) is 4.07. The molecular weight excluding hydrogens is 394 g/mol. The van der Waals surface area contributed by atoms with Gasteiger partial charge in [0.05, 0.1) is 11.2 Å². The molecule has 0 bridgehead atoms. The van der Waals surface area contributed by atoms with Gasteiger partial charge in [0, 0.05) is 5.50 Å². The molecule has 3 aliphatic carbocycles. The van der Waals surface area contributed by atoms with E-state index < -0.39 is 16.7 Å². The van der Waals surface area contributed by atoms with Crippen molar-refractivity contribution in [3.63, 3.8) is 0 Å². The van der Waals surface area contributed by atoms with Crippen LogP contribution in [-0.2, 0) is 0 Å². The van der Waals surface area contributed by atoms with Crippen LogP contribution in [0.2, 0.25) is 11.6 Å².